The van der Waals surface area contributed by atoms with Crippen molar-refractivity contribution in [3.63, 3.8) is 0 Å². The van der Waals surface area contributed by atoms with Crippen molar-refractivity contribution in [2.45, 2.75) is 59.3 Å². The van der Waals surface area contributed by atoms with Crippen LogP contribution >= 0.6 is 0 Å². The van der Waals surface area contributed by atoms with Crippen LogP contribution in [-0.2, 0) is 10.8 Å². The maximum Gasteiger partial charge on any atom is 0.142 e. The second-order valence-electron chi connectivity index (χ2n) is 8.76. The highest BCUT2D eigenvalue weighted by Crippen LogP contribution is 2.38. The number of aromatic nitrogens is 2. The third-order valence-electron chi connectivity index (χ3n) is 4.32. The van der Waals surface area contributed by atoms with E-state index in [2.05, 4.69) is 82.9 Å². The van der Waals surface area contributed by atoms with Crippen molar-refractivity contribution in [3.05, 3.63) is 47.0 Å². The lowest BCUT2D eigenvalue weighted by Gasteiger charge is -2.26. The highest BCUT2D eigenvalue weighted by atomic mass is 16.3. The van der Waals surface area contributed by atoms with Gasteiger partial charge in [-0.2, -0.15) is 0 Å². The third-order valence-corrected chi connectivity index (χ3v) is 4.32. The fourth-order valence-electron chi connectivity index (χ4n) is 2.60. The summed E-state index contributed by atoms with van der Waals surface area (Å²) in [5.74, 6) is 0.223. The van der Waals surface area contributed by atoms with Crippen molar-refractivity contribution in [2.75, 3.05) is 5.73 Å². The van der Waals surface area contributed by atoms with Crippen molar-refractivity contribution >= 4 is 16.7 Å². The van der Waals surface area contributed by atoms with Gasteiger partial charge in [0.05, 0.1) is 16.7 Å². The Bertz CT molecular complexity index is 858. The first-order chi connectivity index (χ1) is 11.4. The monoisotopic (exact) mass is 341 g/mol. The third kappa shape index (κ3) is 4.38. The Kier molecular flexibility index (Phi) is 4.94. The molecule has 4 nitrogen and oxygen atoms in total. The number of aromatic hydroxyl groups is 1. The van der Waals surface area contributed by atoms with Crippen molar-refractivity contribution in [3.8, 4) is 5.75 Å². The zero-order valence-electron chi connectivity index (χ0n) is 16.4. The molecule has 1 aromatic heterocycles. The Morgan fingerprint density at radius 3 is 1.84 bits per heavy atom. The normalized spacial score (nSPS) is 12.1. The highest BCUT2D eigenvalue weighted by Gasteiger charge is 2.23. The van der Waals surface area contributed by atoms with Crippen LogP contribution < -0.4 is 5.73 Å². The van der Waals surface area contributed by atoms with Gasteiger partial charge in [0.2, 0.25) is 0 Å². The lowest BCUT2D eigenvalue weighted by molar-refractivity contribution is 0.447. The number of aryl methyl sites for hydroxylation is 1. The molecule has 2 aromatic carbocycles. The number of H-pyrrole nitrogens is 2. The summed E-state index contributed by atoms with van der Waals surface area (Å²) in [5.41, 5.74) is 12.0. The Morgan fingerprint density at radius 1 is 0.840 bits per heavy atom. The van der Waals surface area contributed by atoms with E-state index in [4.69, 9.17) is 5.73 Å². The van der Waals surface area contributed by atoms with Gasteiger partial charge in [-0.15, -0.1) is 0 Å². The van der Waals surface area contributed by atoms with Gasteiger partial charge in [-0.25, -0.2) is 0 Å². The molecular weight excluding hydrogens is 310 g/mol. The molecule has 0 atom stereocenters. The average molecular weight is 341 g/mol. The smallest absolute Gasteiger partial charge is 0.142 e. The summed E-state index contributed by atoms with van der Waals surface area (Å²) >= 11 is 0. The summed E-state index contributed by atoms with van der Waals surface area (Å²) in [6.07, 6.45) is 0. The molecule has 1 heterocycles. The number of nitrogens with one attached hydrogen (secondary N) is 2. The number of benzene rings is 2. The number of rotatable bonds is 0. The van der Waals surface area contributed by atoms with E-state index in [1.807, 2.05) is 6.07 Å². The molecule has 0 saturated carbocycles. The van der Waals surface area contributed by atoms with Crippen molar-refractivity contribution in [2.24, 2.45) is 0 Å². The summed E-state index contributed by atoms with van der Waals surface area (Å²) in [6, 6.07) is 10.2. The fraction of sp³-hybridized carbons (Fsp3) is 0.429. The molecule has 0 unspecified atom stereocenters. The molecule has 0 aliphatic carbocycles. The van der Waals surface area contributed by atoms with E-state index in [9.17, 15) is 5.11 Å². The number of phenols is 1. The fourth-order valence-corrected chi connectivity index (χ4v) is 2.60. The van der Waals surface area contributed by atoms with E-state index >= 15 is 0 Å². The van der Waals surface area contributed by atoms with E-state index in [1.165, 1.54) is 16.6 Å². The molecule has 4 heteroatoms. The predicted molar refractivity (Wildman–Crippen MR) is 107 cm³/mol. The summed E-state index contributed by atoms with van der Waals surface area (Å²) in [6.45, 7) is 14.7. The number of anilines is 1. The molecular formula is C21H31N3O. The number of nitrogens with two attached hydrogens (primary N) is 1. The molecule has 136 valence electrons. The zero-order valence-corrected chi connectivity index (χ0v) is 16.4. The second kappa shape index (κ2) is 6.51. The predicted octanol–water partition coefficient (Wildman–Crippen LogP) is 5.37. The quantitative estimate of drug-likeness (QED) is 0.327. The zero-order chi connectivity index (χ0) is 19.0. The van der Waals surface area contributed by atoms with Gasteiger partial charge >= 0.3 is 0 Å². The van der Waals surface area contributed by atoms with Crippen LogP contribution in [-0.4, -0.2) is 15.3 Å². The van der Waals surface area contributed by atoms with Crippen LogP contribution in [0.25, 0.3) is 11.0 Å². The molecule has 0 amide bonds. The second-order valence-corrected chi connectivity index (χ2v) is 8.76. The number of fused-ring (bicyclic) bond motifs is 1. The number of aromatic amines is 2. The van der Waals surface area contributed by atoms with Gasteiger partial charge in [-0.1, -0.05) is 53.7 Å². The number of phenolic OH excluding ortho intramolecular Hbond substituents is 1. The van der Waals surface area contributed by atoms with Crippen LogP contribution in [0.15, 0.2) is 30.3 Å². The standard InChI is InChI=1S/C14H23NO.C7H8N2/c1-13(2,3)9-7-10(14(4,5)6)12(16)11(15)8-9;1-5-2-3-6-7(4-5)9-8-6/h7-8,16H,15H2,1-6H3;2-4,8-9H,1H3. The number of hydrogen-bond donors (Lipinski definition) is 4. The Hall–Kier alpha value is -2.36. The first-order valence-corrected chi connectivity index (χ1v) is 8.66. The highest BCUT2D eigenvalue weighted by molar-refractivity contribution is 5.76. The minimum atomic E-state index is -0.0978. The number of hydrogen-bond acceptors (Lipinski definition) is 2. The first kappa shape index (κ1) is 19.0. The minimum Gasteiger partial charge on any atom is -0.505 e. The van der Waals surface area contributed by atoms with Gasteiger partial charge in [0.1, 0.15) is 5.75 Å². The molecule has 0 spiro atoms. The van der Waals surface area contributed by atoms with E-state index in [1.54, 1.807) is 0 Å². The van der Waals surface area contributed by atoms with Crippen LogP contribution in [0.5, 0.6) is 5.75 Å². The SMILES string of the molecule is CC(C)(C)c1cc(N)c(O)c(C(C)(C)C)c1.Cc1ccc2[nH][nH]c2c1. The lowest BCUT2D eigenvalue weighted by atomic mass is 9.80. The van der Waals surface area contributed by atoms with Crippen molar-refractivity contribution in [1.29, 1.82) is 0 Å². The Morgan fingerprint density at radius 2 is 1.44 bits per heavy atom. The molecule has 3 rings (SSSR count). The van der Waals surface area contributed by atoms with E-state index < -0.39 is 0 Å². The first-order valence-electron chi connectivity index (χ1n) is 8.66. The van der Waals surface area contributed by atoms with Gasteiger partial charge in [0, 0.05) is 5.56 Å². The molecule has 0 bridgehead atoms. The van der Waals surface area contributed by atoms with Gasteiger partial charge < -0.3 is 10.8 Å². The average Bonchev–Trinajstić information content (AvgIpc) is 2.43. The molecule has 25 heavy (non-hydrogen) atoms. The molecule has 3 aromatic rings. The van der Waals surface area contributed by atoms with Crippen LogP contribution in [0.4, 0.5) is 5.69 Å². The lowest BCUT2D eigenvalue weighted by Crippen LogP contribution is -2.17. The van der Waals surface area contributed by atoms with Crippen LogP contribution in [0.2, 0.25) is 0 Å². The van der Waals surface area contributed by atoms with Crippen molar-refractivity contribution < 1.29 is 5.11 Å². The summed E-state index contributed by atoms with van der Waals surface area (Å²) in [7, 11) is 0. The molecule has 5 N–H and O–H groups in total. The summed E-state index contributed by atoms with van der Waals surface area (Å²) in [5, 5.41) is 15.9. The van der Waals surface area contributed by atoms with E-state index in [0.29, 0.717) is 5.69 Å². The maximum absolute atomic E-state index is 10.00. The molecule has 0 fully saturated rings. The van der Waals surface area contributed by atoms with Crippen LogP contribution in [0, 0.1) is 6.92 Å². The Balaban J connectivity index is 0.000000208. The van der Waals surface area contributed by atoms with Crippen LogP contribution in [0.3, 0.4) is 0 Å². The van der Waals surface area contributed by atoms with E-state index in [-0.39, 0.29) is 16.6 Å². The van der Waals surface area contributed by atoms with Gasteiger partial charge in [0.25, 0.3) is 0 Å². The molecule has 0 aliphatic rings. The van der Waals surface area contributed by atoms with Crippen LogP contribution in [0.1, 0.15) is 58.2 Å². The van der Waals surface area contributed by atoms with Gasteiger partial charge in [0.15, 0.2) is 0 Å². The molecule has 0 radical (unpaired) electrons. The van der Waals surface area contributed by atoms with Gasteiger partial charge in [-0.3, -0.25) is 10.2 Å². The topological polar surface area (TPSA) is 77.8 Å². The Labute approximate surface area is 150 Å². The molecule has 0 saturated heterocycles. The molecule has 0 aliphatic heterocycles. The van der Waals surface area contributed by atoms with Crippen molar-refractivity contribution in [1.82, 2.24) is 10.2 Å². The van der Waals surface area contributed by atoms with Gasteiger partial charge in [-0.05, 0) is 47.1 Å². The minimum absolute atomic E-state index is 0.0435. The maximum atomic E-state index is 10.00. The summed E-state index contributed by atoms with van der Waals surface area (Å²) in [4.78, 5) is 0. The van der Waals surface area contributed by atoms with E-state index in [0.717, 1.165) is 11.1 Å². The number of nitrogen functional groups attached to an aromatic ring is 1. The largest absolute Gasteiger partial charge is 0.505 e. The summed E-state index contributed by atoms with van der Waals surface area (Å²) < 4.78 is 0.